The minimum Gasteiger partial charge on any atom is -0.354 e. The first kappa shape index (κ1) is 17.6. The number of pyridine rings is 1. The monoisotopic (exact) mass is 329 g/mol. The van der Waals surface area contributed by atoms with Gasteiger partial charge in [0.05, 0.1) is 6.54 Å². The fraction of sp³-hybridized carbons (Fsp3) is 0.278. The molecule has 2 amide bonds. The molecule has 0 aliphatic heterocycles. The van der Waals surface area contributed by atoms with Crippen LogP contribution in [0.5, 0.6) is 0 Å². The molecule has 0 unspecified atom stereocenters. The molecule has 0 saturated heterocycles. The number of aromatic nitrogens is 1. The maximum Gasteiger partial charge on any atom is 0.239 e. The molecule has 126 valence electrons. The molecular weight excluding hydrogens is 309 g/mol. The van der Waals surface area contributed by atoms with E-state index in [1.165, 1.54) is 24.0 Å². The third kappa shape index (κ3) is 5.79. The van der Waals surface area contributed by atoms with Crippen molar-refractivity contribution in [3.05, 3.63) is 65.7 Å². The van der Waals surface area contributed by atoms with E-state index in [0.717, 1.165) is 11.1 Å². The number of hydrogen-bond acceptors (Lipinski definition) is 3. The smallest absolute Gasteiger partial charge is 0.239 e. The number of rotatable bonds is 7. The van der Waals surface area contributed by atoms with Crippen molar-refractivity contribution in [2.75, 3.05) is 13.1 Å². The first-order chi connectivity index (χ1) is 11.5. The van der Waals surface area contributed by atoms with Crippen LogP contribution in [0.2, 0.25) is 0 Å². The third-order valence-electron chi connectivity index (χ3n) is 3.53. The molecule has 0 radical (unpaired) electrons. The fourth-order valence-electron chi connectivity index (χ4n) is 2.22. The summed E-state index contributed by atoms with van der Waals surface area (Å²) in [6.45, 7) is 2.20. The number of benzene rings is 1. The Morgan fingerprint density at radius 2 is 1.92 bits per heavy atom. The molecule has 1 aromatic carbocycles. The summed E-state index contributed by atoms with van der Waals surface area (Å²) in [5, 5.41) is 2.77. The number of amides is 2. The van der Waals surface area contributed by atoms with Gasteiger partial charge in [0.1, 0.15) is 5.82 Å². The van der Waals surface area contributed by atoms with Gasteiger partial charge >= 0.3 is 0 Å². The van der Waals surface area contributed by atoms with Crippen molar-refractivity contribution in [1.29, 1.82) is 0 Å². The van der Waals surface area contributed by atoms with Crippen LogP contribution in [-0.4, -0.2) is 34.8 Å². The summed E-state index contributed by atoms with van der Waals surface area (Å²) in [6.07, 6.45) is 3.93. The van der Waals surface area contributed by atoms with Gasteiger partial charge in [0.25, 0.3) is 0 Å². The molecule has 5 nitrogen and oxygen atoms in total. The van der Waals surface area contributed by atoms with E-state index in [1.54, 1.807) is 30.6 Å². The van der Waals surface area contributed by atoms with Gasteiger partial charge in [-0.3, -0.25) is 14.6 Å². The highest BCUT2D eigenvalue weighted by atomic mass is 19.1. The fourth-order valence-corrected chi connectivity index (χ4v) is 2.22. The maximum atomic E-state index is 12.8. The van der Waals surface area contributed by atoms with Crippen molar-refractivity contribution in [3.63, 3.8) is 0 Å². The molecule has 0 spiro atoms. The molecule has 0 aliphatic rings. The normalized spacial score (nSPS) is 10.2. The Labute approximate surface area is 140 Å². The second kappa shape index (κ2) is 8.76. The van der Waals surface area contributed by atoms with Gasteiger partial charge in [-0.1, -0.05) is 18.2 Å². The lowest BCUT2D eigenvalue weighted by Gasteiger charge is -2.20. The minimum absolute atomic E-state index is 0.00630. The van der Waals surface area contributed by atoms with Crippen molar-refractivity contribution >= 4 is 11.8 Å². The summed E-state index contributed by atoms with van der Waals surface area (Å²) in [4.78, 5) is 29.2. The zero-order valence-corrected chi connectivity index (χ0v) is 13.5. The number of carbonyl (C=O) groups is 2. The number of halogens is 1. The second-order valence-corrected chi connectivity index (χ2v) is 5.46. The number of hydrogen-bond donors (Lipinski definition) is 1. The largest absolute Gasteiger partial charge is 0.354 e. The molecule has 1 N–H and O–H groups in total. The highest BCUT2D eigenvalue weighted by molar-refractivity contribution is 5.83. The van der Waals surface area contributed by atoms with Gasteiger partial charge in [-0.05, 0) is 35.7 Å². The Morgan fingerprint density at radius 1 is 1.17 bits per heavy atom. The lowest BCUT2D eigenvalue weighted by Crippen LogP contribution is -2.39. The van der Waals surface area contributed by atoms with Crippen LogP contribution in [0.4, 0.5) is 4.39 Å². The Balaban J connectivity index is 1.80. The van der Waals surface area contributed by atoms with Gasteiger partial charge in [0.15, 0.2) is 0 Å². The van der Waals surface area contributed by atoms with Gasteiger partial charge in [-0.25, -0.2) is 4.39 Å². The molecule has 0 atom stereocenters. The van der Waals surface area contributed by atoms with E-state index < -0.39 is 0 Å². The van der Waals surface area contributed by atoms with E-state index in [1.807, 2.05) is 6.07 Å². The zero-order valence-electron chi connectivity index (χ0n) is 13.5. The third-order valence-corrected chi connectivity index (χ3v) is 3.53. The summed E-state index contributed by atoms with van der Waals surface area (Å²) in [5.74, 6) is -0.681. The molecule has 0 saturated carbocycles. The first-order valence-corrected chi connectivity index (χ1v) is 7.70. The summed E-state index contributed by atoms with van der Waals surface area (Å²) in [7, 11) is 0. The van der Waals surface area contributed by atoms with E-state index in [-0.39, 0.29) is 24.2 Å². The van der Waals surface area contributed by atoms with Crippen LogP contribution in [0.1, 0.15) is 18.1 Å². The van der Waals surface area contributed by atoms with Gasteiger partial charge in [0, 0.05) is 32.4 Å². The topological polar surface area (TPSA) is 62.3 Å². The standard InChI is InChI=1S/C18H20FN3O2/c1-14(23)22(12-16-3-2-9-20-11-16)13-18(24)21-10-8-15-4-6-17(19)7-5-15/h2-7,9,11H,8,10,12-13H2,1H3,(H,21,24). The van der Waals surface area contributed by atoms with Crippen LogP contribution in [0.3, 0.4) is 0 Å². The lowest BCUT2D eigenvalue weighted by atomic mass is 10.1. The van der Waals surface area contributed by atoms with Crippen LogP contribution in [0.15, 0.2) is 48.8 Å². The van der Waals surface area contributed by atoms with Crippen LogP contribution < -0.4 is 5.32 Å². The average Bonchev–Trinajstić information content (AvgIpc) is 2.57. The van der Waals surface area contributed by atoms with Crippen molar-refractivity contribution in [3.8, 4) is 0 Å². The van der Waals surface area contributed by atoms with Crippen molar-refractivity contribution in [2.24, 2.45) is 0 Å². The second-order valence-electron chi connectivity index (χ2n) is 5.46. The molecule has 1 aromatic heterocycles. The molecule has 2 rings (SSSR count). The van der Waals surface area contributed by atoms with Gasteiger partial charge in [-0.2, -0.15) is 0 Å². The minimum atomic E-state index is -0.282. The van der Waals surface area contributed by atoms with Gasteiger partial charge in [-0.15, -0.1) is 0 Å². The van der Waals surface area contributed by atoms with Gasteiger partial charge < -0.3 is 10.2 Å². The zero-order chi connectivity index (χ0) is 17.4. The highest BCUT2D eigenvalue weighted by Crippen LogP contribution is 2.04. The summed E-state index contributed by atoms with van der Waals surface area (Å²) < 4.78 is 12.8. The average molecular weight is 329 g/mol. The molecule has 24 heavy (non-hydrogen) atoms. The van der Waals surface area contributed by atoms with Crippen LogP contribution in [-0.2, 0) is 22.6 Å². The predicted octanol–water partition coefficient (Wildman–Crippen LogP) is 1.93. The lowest BCUT2D eigenvalue weighted by molar-refractivity contribution is -0.134. The number of nitrogens with zero attached hydrogens (tertiary/aromatic N) is 2. The number of nitrogens with one attached hydrogen (secondary N) is 1. The molecule has 0 fully saturated rings. The molecular formula is C18H20FN3O2. The van der Waals surface area contributed by atoms with Crippen molar-refractivity contribution in [2.45, 2.75) is 19.9 Å². The highest BCUT2D eigenvalue weighted by Gasteiger charge is 2.14. The number of carbonyl (C=O) groups excluding carboxylic acids is 2. The van der Waals surface area contributed by atoms with E-state index >= 15 is 0 Å². The Bertz CT molecular complexity index is 674. The Morgan fingerprint density at radius 3 is 2.54 bits per heavy atom. The molecule has 0 bridgehead atoms. The summed E-state index contributed by atoms with van der Waals surface area (Å²) >= 11 is 0. The van der Waals surface area contributed by atoms with E-state index in [9.17, 15) is 14.0 Å². The summed E-state index contributed by atoms with van der Waals surface area (Å²) in [6, 6.07) is 9.80. The quantitative estimate of drug-likeness (QED) is 0.844. The van der Waals surface area contributed by atoms with Crippen LogP contribution in [0, 0.1) is 5.82 Å². The molecule has 1 heterocycles. The molecule has 2 aromatic rings. The van der Waals surface area contributed by atoms with E-state index in [2.05, 4.69) is 10.3 Å². The molecule has 6 heteroatoms. The Kier molecular flexibility index (Phi) is 6.42. The van der Waals surface area contributed by atoms with Crippen LogP contribution >= 0.6 is 0 Å². The van der Waals surface area contributed by atoms with Gasteiger partial charge in [0.2, 0.25) is 11.8 Å². The maximum absolute atomic E-state index is 12.8. The molecule has 0 aliphatic carbocycles. The van der Waals surface area contributed by atoms with E-state index in [0.29, 0.717) is 19.5 Å². The first-order valence-electron chi connectivity index (χ1n) is 7.70. The van der Waals surface area contributed by atoms with Crippen LogP contribution in [0.25, 0.3) is 0 Å². The van der Waals surface area contributed by atoms with Crippen molar-refractivity contribution < 1.29 is 14.0 Å². The predicted molar refractivity (Wildman–Crippen MR) is 88.4 cm³/mol. The SMILES string of the molecule is CC(=O)N(CC(=O)NCCc1ccc(F)cc1)Cc1cccnc1. The van der Waals surface area contributed by atoms with Crippen molar-refractivity contribution in [1.82, 2.24) is 15.2 Å². The Hall–Kier alpha value is -2.76. The van der Waals surface area contributed by atoms with E-state index in [4.69, 9.17) is 0 Å². The summed E-state index contributed by atoms with van der Waals surface area (Å²) in [5.41, 5.74) is 1.81.